The Hall–Kier alpha value is -1.13. The van der Waals surface area contributed by atoms with Gasteiger partial charge in [-0.05, 0) is 31.5 Å². The molecule has 1 N–H and O–H groups in total. The largest absolute Gasteiger partial charge is 0.474 e. The summed E-state index contributed by atoms with van der Waals surface area (Å²) in [7, 11) is 2.13. The van der Waals surface area contributed by atoms with Crippen LogP contribution in [0.5, 0.6) is 5.88 Å². The van der Waals surface area contributed by atoms with Crippen LogP contribution in [0, 0.1) is 0 Å². The van der Waals surface area contributed by atoms with Gasteiger partial charge in [-0.3, -0.25) is 0 Å². The maximum absolute atomic E-state index is 9.01. The van der Waals surface area contributed by atoms with Crippen molar-refractivity contribution in [3.63, 3.8) is 0 Å². The zero-order valence-corrected chi connectivity index (χ0v) is 9.59. The number of hydrogen-bond donors (Lipinski definition) is 1. The van der Waals surface area contributed by atoms with Crippen LogP contribution in [0.15, 0.2) is 18.3 Å². The summed E-state index contributed by atoms with van der Waals surface area (Å²) in [5.41, 5.74) is 0.845. The average molecular weight is 222 g/mol. The van der Waals surface area contributed by atoms with Crippen LogP contribution in [0.3, 0.4) is 0 Å². The van der Waals surface area contributed by atoms with Crippen LogP contribution in [-0.4, -0.2) is 41.2 Å². The fraction of sp³-hybridized carbons (Fsp3) is 0.583. The Bertz CT molecular complexity index is 336. The molecule has 0 saturated carbocycles. The third kappa shape index (κ3) is 2.93. The van der Waals surface area contributed by atoms with E-state index in [4.69, 9.17) is 9.84 Å². The lowest BCUT2D eigenvalue weighted by atomic mass is 10.1. The number of aliphatic hydroxyl groups is 1. The van der Waals surface area contributed by atoms with Gasteiger partial charge in [-0.15, -0.1) is 0 Å². The van der Waals surface area contributed by atoms with Gasteiger partial charge in [0.25, 0.3) is 0 Å². The van der Waals surface area contributed by atoms with E-state index in [2.05, 4.69) is 16.9 Å². The third-order valence-electron chi connectivity index (χ3n) is 2.93. The van der Waals surface area contributed by atoms with Crippen molar-refractivity contribution in [3.8, 4) is 5.88 Å². The van der Waals surface area contributed by atoms with Gasteiger partial charge in [0.1, 0.15) is 6.10 Å². The van der Waals surface area contributed by atoms with Gasteiger partial charge < -0.3 is 14.7 Å². The van der Waals surface area contributed by atoms with E-state index in [0.717, 1.165) is 31.5 Å². The van der Waals surface area contributed by atoms with Crippen molar-refractivity contribution in [1.82, 2.24) is 9.88 Å². The molecule has 1 fully saturated rings. The topological polar surface area (TPSA) is 45.6 Å². The Kier molecular flexibility index (Phi) is 3.74. The molecule has 88 valence electrons. The molecule has 16 heavy (non-hydrogen) atoms. The average Bonchev–Trinajstić information content (AvgIpc) is 2.32. The van der Waals surface area contributed by atoms with Gasteiger partial charge in [-0.25, -0.2) is 4.98 Å². The van der Waals surface area contributed by atoms with Crippen molar-refractivity contribution in [2.24, 2.45) is 0 Å². The van der Waals surface area contributed by atoms with Crippen molar-refractivity contribution in [1.29, 1.82) is 0 Å². The van der Waals surface area contributed by atoms with Crippen molar-refractivity contribution in [3.05, 3.63) is 23.9 Å². The first kappa shape index (κ1) is 11.4. The molecular weight excluding hydrogens is 204 g/mol. The van der Waals surface area contributed by atoms with E-state index in [0.29, 0.717) is 5.88 Å². The summed E-state index contributed by atoms with van der Waals surface area (Å²) in [6.07, 6.45) is 4.02. The highest BCUT2D eigenvalue weighted by atomic mass is 16.5. The van der Waals surface area contributed by atoms with E-state index >= 15 is 0 Å². The number of rotatable bonds is 3. The Morgan fingerprint density at radius 2 is 2.25 bits per heavy atom. The molecule has 1 aromatic rings. The summed E-state index contributed by atoms with van der Waals surface area (Å²) in [5.74, 6) is 0.626. The smallest absolute Gasteiger partial charge is 0.213 e. The normalized spacial score (nSPS) is 18.6. The van der Waals surface area contributed by atoms with E-state index < -0.39 is 0 Å². The molecule has 4 nitrogen and oxygen atoms in total. The van der Waals surface area contributed by atoms with Crippen LogP contribution in [0.25, 0.3) is 0 Å². The summed E-state index contributed by atoms with van der Waals surface area (Å²) >= 11 is 0. The van der Waals surface area contributed by atoms with Crippen molar-refractivity contribution in [2.75, 3.05) is 20.1 Å². The van der Waals surface area contributed by atoms with Gasteiger partial charge in [-0.2, -0.15) is 0 Å². The standard InChI is InChI=1S/C12H18N2O2/c1-14-6-3-11(4-7-14)16-12-8-10(9-15)2-5-13-12/h2,5,8,11,15H,3-4,6-7,9H2,1H3. The second-order valence-corrected chi connectivity index (χ2v) is 4.28. The maximum atomic E-state index is 9.01. The number of likely N-dealkylation sites (tertiary alicyclic amines) is 1. The van der Waals surface area contributed by atoms with Crippen LogP contribution in [0.1, 0.15) is 18.4 Å². The first-order chi connectivity index (χ1) is 7.78. The molecule has 1 aliphatic heterocycles. The zero-order valence-electron chi connectivity index (χ0n) is 9.59. The molecule has 4 heteroatoms. The molecular formula is C12H18N2O2. The van der Waals surface area contributed by atoms with Crippen molar-refractivity contribution in [2.45, 2.75) is 25.6 Å². The number of pyridine rings is 1. The first-order valence-electron chi connectivity index (χ1n) is 5.69. The minimum atomic E-state index is 0.0340. The van der Waals surface area contributed by atoms with Crippen LogP contribution in [0.2, 0.25) is 0 Å². The summed E-state index contributed by atoms with van der Waals surface area (Å²) in [5, 5.41) is 9.01. The summed E-state index contributed by atoms with van der Waals surface area (Å²) in [6, 6.07) is 3.60. The van der Waals surface area contributed by atoms with Crippen LogP contribution < -0.4 is 4.74 Å². The van der Waals surface area contributed by atoms with Gasteiger partial charge in [0, 0.05) is 25.4 Å². The lowest BCUT2D eigenvalue weighted by molar-refractivity contribution is 0.109. The van der Waals surface area contributed by atoms with E-state index in [1.807, 2.05) is 0 Å². The molecule has 0 aliphatic carbocycles. The predicted molar refractivity (Wildman–Crippen MR) is 61.3 cm³/mol. The zero-order chi connectivity index (χ0) is 11.4. The third-order valence-corrected chi connectivity index (χ3v) is 2.93. The van der Waals surface area contributed by atoms with Gasteiger partial charge in [0.05, 0.1) is 6.61 Å². The van der Waals surface area contributed by atoms with E-state index in [-0.39, 0.29) is 12.7 Å². The van der Waals surface area contributed by atoms with Gasteiger partial charge in [0.2, 0.25) is 5.88 Å². The maximum Gasteiger partial charge on any atom is 0.213 e. The van der Waals surface area contributed by atoms with Crippen LogP contribution in [-0.2, 0) is 6.61 Å². The molecule has 2 heterocycles. The number of ether oxygens (including phenoxy) is 1. The molecule has 1 aliphatic rings. The monoisotopic (exact) mass is 222 g/mol. The molecule has 0 spiro atoms. The quantitative estimate of drug-likeness (QED) is 0.830. The van der Waals surface area contributed by atoms with Gasteiger partial charge >= 0.3 is 0 Å². The molecule has 0 radical (unpaired) electrons. The molecule has 0 unspecified atom stereocenters. The Balaban J connectivity index is 1.93. The first-order valence-corrected chi connectivity index (χ1v) is 5.69. The van der Waals surface area contributed by atoms with Crippen molar-refractivity contribution >= 4 is 0 Å². The molecule has 0 atom stereocenters. The Morgan fingerprint density at radius 1 is 1.50 bits per heavy atom. The fourth-order valence-corrected chi connectivity index (χ4v) is 1.89. The number of nitrogens with zero attached hydrogens (tertiary/aromatic N) is 2. The Labute approximate surface area is 95.9 Å². The molecule has 0 aromatic carbocycles. The summed E-state index contributed by atoms with van der Waals surface area (Å²) in [6.45, 7) is 2.18. The van der Waals surface area contributed by atoms with E-state index in [9.17, 15) is 0 Å². The van der Waals surface area contributed by atoms with Crippen molar-refractivity contribution < 1.29 is 9.84 Å². The number of piperidine rings is 1. The van der Waals surface area contributed by atoms with E-state index in [1.54, 1.807) is 18.3 Å². The highest BCUT2D eigenvalue weighted by molar-refractivity contribution is 5.19. The van der Waals surface area contributed by atoms with Crippen LogP contribution in [0.4, 0.5) is 0 Å². The minimum absolute atomic E-state index is 0.0340. The molecule has 0 amide bonds. The van der Waals surface area contributed by atoms with E-state index in [1.165, 1.54) is 0 Å². The van der Waals surface area contributed by atoms with Crippen LogP contribution >= 0.6 is 0 Å². The highest BCUT2D eigenvalue weighted by Crippen LogP contribution is 2.17. The summed E-state index contributed by atoms with van der Waals surface area (Å²) < 4.78 is 5.80. The molecule has 2 rings (SSSR count). The molecule has 1 saturated heterocycles. The fourth-order valence-electron chi connectivity index (χ4n) is 1.89. The number of aromatic nitrogens is 1. The Morgan fingerprint density at radius 3 is 2.94 bits per heavy atom. The van der Waals surface area contributed by atoms with Gasteiger partial charge in [0.15, 0.2) is 0 Å². The lowest BCUT2D eigenvalue weighted by Crippen LogP contribution is -2.35. The number of aliphatic hydroxyl groups excluding tert-OH is 1. The summed E-state index contributed by atoms with van der Waals surface area (Å²) in [4.78, 5) is 6.46. The molecule has 1 aromatic heterocycles. The van der Waals surface area contributed by atoms with Gasteiger partial charge in [-0.1, -0.05) is 0 Å². The minimum Gasteiger partial charge on any atom is -0.474 e. The molecule has 0 bridgehead atoms. The highest BCUT2D eigenvalue weighted by Gasteiger charge is 2.18. The second kappa shape index (κ2) is 5.27. The number of hydrogen-bond acceptors (Lipinski definition) is 4. The SMILES string of the molecule is CN1CCC(Oc2cc(CO)ccn2)CC1. The second-order valence-electron chi connectivity index (χ2n) is 4.28. The lowest BCUT2D eigenvalue weighted by Gasteiger charge is -2.28. The predicted octanol–water partition coefficient (Wildman–Crippen LogP) is 1.05.